The van der Waals surface area contributed by atoms with Gasteiger partial charge in [-0.1, -0.05) is 15.9 Å². The summed E-state index contributed by atoms with van der Waals surface area (Å²) in [6, 6.07) is 6.19. The average molecular weight is 462 g/mol. The Morgan fingerprint density at radius 3 is 1.83 bits per heavy atom. The van der Waals surface area contributed by atoms with Crippen molar-refractivity contribution in [2.75, 3.05) is 5.32 Å². The smallest absolute Gasteiger partial charge is 0.306 e. The van der Waals surface area contributed by atoms with Gasteiger partial charge in [0.1, 0.15) is 0 Å². The Balaban J connectivity index is 2.70. The van der Waals surface area contributed by atoms with Gasteiger partial charge in [-0.3, -0.25) is 30.3 Å². The first kappa shape index (κ1) is 17.7. The molecule has 0 aliphatic rings. The molecule has 0 unspecified atom stereocenters. The number of rotatable bonds is 5. The van der Waals surface area contributed by atoms with Crippen molar-refractivity contribution in [3.63, 3.8) is 0 Å². The van der Waals surface area contributed by atoms with E-state index in [1.807, 2.05) is 0 Å². The lowest BCUT2D eigenvalue weighted by atomic mass is 10.2. The van der Waals surface area contributed by atoms with Crippen molar-refractivity contribution in [2.24, 2.45) is 0 Å². The van der Waals surface area contributed by atoms with Crippen LogP contribution < -0.4 is 5.32 Å². The molecule has 0 amide bonds. The third-order valence-corrected chi connectivity index (χ3v) is 4.06. The van der Waals surface area contributed by atoms with Crippen LogP contribution in [0.1, 0.15) is 0 Å². The molecule has 1 N–H and O–H groups in total. The Kier molecular flexibility index (Phi) is 5.09. The molecule has 12 heteroatoms. The van der Waals surface area contributed by atoms with Crippen molar-refractivity contribution in [3.05, 3.63) is 69.6 Å². The van der Waals surface area contributed by atoms with Gasteiger partial charge in [-0.25, -0.2) is 0 Å². The Morgan fingerprint density at radius 1 is 0.833 bits per heavy atom. The van der Waals surface area contributed by atoms with Crippen LogP contribution in [-0.2, 0) is 0 Å². The highest BCUT2D eigenvalue weighted by atomic mass is 79.9. The first-order valence-electron chi connectivity index (χ1n) is 6.04. The van der Waals surface area contributed by atoms with Crippen LogP contribution in [0.25, 0.3) is 0 Å². The van der Waals surface area contributed by atoms with Crippen molar-refractivity contribution in [2.45, 2.75) is 0 Å². The summed E-state index contributed by atoms with van der Waals surface area (Å²) >= 11 is 6.43. The molecule has 124 valence electrons. The van der Waals surface area contributed by atoms with Crippen LogP contribution in [0.4, 0.5) is 28.4 Å². The zero-order valence-electron chi connectivity index (χ0n) is 11.4. The molecule has 0 heterocycles. The molecule has 0 bridgehead atoms. The van der Waals surface area contributed by atoms with E-state index in [9.17, 15) is 30.3 Å². The minimum absolute atomic E-state index is 0.310. The number of hydrogen-bond acceptors (Lipinski definition) is 7. The van der Waals surface area contributed by atoms with Crippen LogP contribution in [0, 0.1) is 30.3 Å². The summed E-state index contributed by atoms with van der Waals surface area (Å²) in [5, 5.41) is 35.9. The molecule has 0 saturated heterocycles. The summed E-state index contributed by atoms with van der Waals surface area (Å²) in [4.78, 5) is 30.5. The molecular weight excluding hydrogens is 456 g/mol. The van der Waals surface area contributed by atoms with E-state index in [4.69, 9.17) is 0 Å². The molecule has 24 heavy (non-hydrogen) atoms. The van der Waals surface area contributed by atoms with Gasteiger partial charge in [-0.15, -0.1) is 0 Å². The third-order valence-electron chi connectivity index (χ3n) is 2.87. The van der Waals surface area contributed by atoms with Crippen LogP contribution in [0.2, 0.25) is 0 Å². The lowest BCUT2D eigenvalue weighted by Crippen LogP contribution is -2.04. The van der Waals surface area contributed by atoms with Gasteiger partial charge in [0.15, 0.2) is 5.69 Å². The van der Waals surface area contributed by atoms with E-state index in [0.29, 0.717) is 26.8 Å². The Bertz CT molecular complexity index is 838. The molecule has 2 aromatic carbocycles. The van der Waals surface area contributed by atoms with Crippen LogP contribution in [-0.4, -0.2) is 14.8 Å². The second-order valence-electron chi connectivity index (χ2n) is 4.38. The highest BCUT2D eigenvalue weighted by molar-refractivity contribution is 9.11. The monoisotopic (exact) mass is 460 g/mol. The van der Waals surface area contributed by atoms with Gasteiger partial charge in [0.2, 0.25) is 0 Å². The van der Waals surface area contributed by atoms with Gasteiger partial charge in [0.25, 0.3) is 5.69 Å². The molecule has 0 aliphatic heterocycles. The SMILES string of the molecule is O=[N+]([O-])c1cc([N+](=O)[O-])c(Nc2cc(Br)ccc2Br)c([N+](=O)[O-])c1. The van der Waals surface area contributed by atoms with E-state index >= 15 is 0 Å². The van der Waals surface area contributed by atoms with Crippen molar-refractivity contribution in [1.29, 1.82) is 0 Å². The highest BCUT2D eigenvalue weighted by Crippen LogP contribution is 2.41. The summed E-state index contributed by atoms with van der Waals surface area (Å²) < 4.78 is 1.12. The number of benzene rings is 2. The maximum absolute atomic E-state index is 11.2. The maximum atomic E-state index is 11.2. The molecule has 0 atom stereocenters. The summed E-state index contributed by atoms with van der Waals surface area (Å²) in [6.45, 7) is 0. The second-order valence-corrected chi connectivity index (χ2v) is 6.15. The lowest BCUT2D eigenvalue weighted by Gasteiger charge is -2.10. The number of non-ortho nitro benzene ring substituents is 1. The average Bonchev–Trinajstić information content (AvgIpc) is 2.50. The van der Waals surface area contributed by atoms with E-state index in [-0.39, 0.29) is 0 Å². The molecule has 10 nitrogen and oxygen atoms in total. The van der Waals surface area contributed by atoms with Gasteiger partial charge in [-0.2, -0.15) is 0 Å². The molecule has 0 spiro atoms. The predicted octanol–water partition coefficient (Wildman–Crippen LogP) is 4.68. The van der Waals surface area contributed by atoms with Crippen LogP contribution in [0.5, 0.6) is 0 Å². The topological polar surface area (TPSA) is 141 Å². The van der Waals surface area contributed by atoms with Gasteiger partial charge in [0, 0.05) is 8.95 Å². The number of hydrogen-bond donors (Lipinski definition) is 1. The van der Waals surface area contributed by atoms with E-state index < -0.39 is 37.5 Å². The van der Waals surface area contributed by atoms with Gasteiger partial charge in [-0.05, 0) is 34.1 Å². The van der Waals surface area contributed by atoms with E-state index in [1.165, 1.54) is 0 Å². The number of nitro benzene ring substituents is 3. The van der Waals surface area contributed by atoms with Gasteiger partial charge in [0.05, 0.1) is 32.6 Å². The second kappa shape index (κ2) is 6.88. The maximum Gasteiger partial charge on any atom is 0.306 e. The van der Waals surface area contributed by atoms with Crippen LogP contribution >= 0.6 is 31.9 Å². The summed E-state index contributed by atoms with van der Waals surface area (Å²) in [5.74, 6) is 0. The molecule has 2 aromatic rings. The fraction of sp³-hybridized carbons (Fsp3) is 0. The van der Waals surface area contributed by atoms with Gasteiger partial charge >= 0.3 is 11.4 Å². The fourth-order valence-electron chi connectivity index (χ4n) is 1.85. The third kappa shape index (κ3) is 3.65. The first-order valence-corrected chi connectivity index (χ1v) is 7.62. The zero-order chi connectivity index (χ0) is 18.0. The number of anilines is 2. The quantitative estimate of drug-likeness (QED) is 0.503. The standard InChI is InChI=1S/C12H6Br2N4O6/c13-6-1-2-8(14)9(3-6)15-12-10(17(21)22)4-7(16(19)20)5-11(12)18(23)24/h1-5,15H. The van der Waals surface area contributed by atoms with E-state index in [1.54, 1.807) is 18.2 Å². The van der Waals surface area contributed by atoms with E-state index in [2.05, 4.69) is 37.2 Å². The largest absolute Gasteiger partial charge is 0.343 e. The fourth-order valence-corrected chi connectivity index (χ4v) is 2.55. The molecule has 0 radical (unpaired) electrons. The van der Waals surface area contributed by atoms with E-state index in [0.717, 1.165) is 0 Å². The number of halogens is 2. The van der Waals surface area contributed by atoms with Crippen molar-refractivity contribution in [3.8, 4) is 0 Å². The molecule has 0 saturated carbocycles. The Morgan fingerprint density at radius 2 is 1.38 bits per heavy atom. The normalized spacial score (nSPS) is 10.2. The minimum Gasteiger partial charge on any atom is -0.343 e. The number of nitro groups is 3. The zero-order valence-corrected chi connectivity index (χ0v) is 14.6. The summed E-state index contributed by atoms with van der Waals surface area (Å²) in [7, 11) is 0. The Labute approximate surface area is 150 Å². The molecule has 0 fully saturated rings. The van der Waals surface area contributed by atoms with Crippen molar-refractivity contribution >= 4 is 60.3 Å². The highest BCUT2D eigenvalue weighted by Gasteiger charge is 2.31. The molecule has 0 aromatic heterocycles. The molecule has 2 rings (SSSR count). The summed E-state index contributed by atoms with van der Waals surface area (Å²) in [6.07, 6.45) is 0. The number of nitrogens with one attached hydrogen (secondary N) is 1. The Hall–Kier alpha value is -2.60. The van der Waals surface area contributed by atoms with Crippen molar-refractivity contribution < 1.29 is 14.8 Å². The molecule has 0 aliphatic carbocycles. The summed E-state index contributed by atoms with van der Waals surface area (Å²) in [5.41, 5.74) is -2.43. The van der Waals surface area contributed by atoms with Gasteiger partial charge < -0.3 is 5.32 Å². The minimum atomic E-state index is -0.932. The first-order chi connectivity index (χ1) is 11.2. The van der Waals surface area contributed by atoms with Crippen molar-refractivity contribution in [1.82, 2.24) is 0 Å². The number of nitrogens with zero attached hydrogens (tertiary/aromatic N) is 3. The lowest BCUT2D eigenvalue weighted by molar-refractivity contribution is -0.401. The van der Waals surface area contributed by atoms with Crippen LogP contribution in [0.15, 0.2) is 39.3 Å². The van der Waals surface area contributed by atoms with Crippen LogP contribution in [0.3, 0.4) is 0 Å². The molecular formula is C12H6Br2N4O6. The predicted molar refractivity (Wildman–Crippen MR) is 91.5 cm³/mol.